The Morgan fingerprint density at radius 1 is 1.35 bits per heavy atom. The van der Waals surface area contributed by atoms with Gasteiger partial charge in [-0.05, 0) is 44.0 Å². The summed E-state index contributed by atoms with van der Waals surface area (Å²) in [7, 11) is 0. The van der Waals surface area contributed by atoms with Crippen molar-refractivity contribution in [3.8, 4) is 0 Å². The second kappa shape index (κ2) is 8.75. The SMILES string of the molecule is CCCCN(C(C)CC)C(CN)c1ccc(F)cc1Br. The lowest BCUT2D eigenvalue weighted by atomic mass is 10.0. The average Bonchev–Trinajstić information content (AvgIpc) is 2.44. The third kappa shape index (κ3) is 4.54. The van der Waals surface area contributed by atoms with E-state index in [9.17, 15) is 4.39 Å². The van der Waals surface area contributed by atoms with Gasteiger partial charge in [0.2, 0.25) is 0 Å². The van der Waals surface area contributed by atoms with Crippen molar-refractivity contribution in [1.29, 1.82) is 0 Å². The van der Waals surface area contributed by atoms with Crippen molar-refractivity contribution in [2.75, 3.05) is 13.1 Å². The second-order valence-corrected chi connectivity index (χ2v) is 6.12. The summed E-state index contributed by atoms with van der Waals surface area (Å²) in [4.78, 5) is 2.45. The van der Waals surface area contributed by atoms with Crippen molar-refractivity contribution in [1.82, 2.24) is 4.90 Å². The van der Waals surface area contributed by atoms with Gasteiger partial charge < -0.3 is 5.73 Å². The molecule has 0 aliphatic heterocycles. The molecule has 114 valence electrons. The second-order valence-electron chi connectivity index (χ2n) is 5.27. The van der Waals surface area contributed by atoms with Gasteiger partial charge in [0.05, 0.1) is 0 Å². The average molecular weight is 345 g/mol. The minimum atomic E-state index is -0.222. The van der Waals surface area contributed by atoms with E-state index in [2.05, 4.69) is 41.6 Å². The molecule has 20 heavy (non-hydrogen) atoms. The topological polar surface area (TPSA) is 29.3 Å². The number of hydrogen-bond donors (Lipinski definition) is 1. The number of halogens is 2. The Morgan fingerprint density at radius 3 is 2.55 bits per heavy atom. The lowest BCUT2D eigenvalue weighted by molar-refractivity contribution is 0.140. The van der Waals surface area contributed by atoms with E-state index in [0.717, 1.165) is 35.8 Å². The third-order valence-corrected chi connectivity index (χ3v) is 4.56. The number of benzene rings is 1. The van der Waals surface area contributed by atoms with E-state index < -0.39 is 0 Å². The molecule has 0 saturated heterocycles. The highest BCUT2D eigenvalue weighted by Gasteiger charge is 2.24. The van der Waals surface area contributed by atoms with Crippen LogP contribution < -0.4 is 5.73 Å². The van der Waals surface area contributed by atoms with Crippen LogP contribution in [0.5, 0.6) is 0 Å². The summed E-state index contributed by atoms with van der Waals surface area (Å²) in [5.41, 5.74) is 7.09. The van der Waals surface area contributed by atoms with E-state index in [-0.39, 0.29) is 11.9 Å². The van der Waals surface area contributed by atoms with Gasteiger partial charge in [0.25, 0.3) is 0 Å². The van der Waals surface area contributed by atoms with Crippen LogP contribution >= 0.6 is 15.9 Å². The number of nitrogens with zero attached hydrogens (tertiary/aromatic N) is 1. The van der Waals surface area contributed by atoms with E-state index in [1.165, 1.54) is 12.1 Å². The number of rotatable bonds is 8. The summed E-state index contributed by atoms with van der Waals surface area (Å²) >= 11 is 3.47. The molecular weight excluding hydrogens is 319 g/mol. The van der Waals surface area contributed by atoms with Crippen LogP contribution in [0.3, 0.4) is 0 Å². The standard InChI is InChI=1S/C16H26BrFN2/c1-4-6-9-20(12(3)5-2)16(11-19)14-8-7-13(18)10-15(14)17/h7-8,10,12,16H,4-6,9,11,19H2,1-3H3. The molecule has 0 aromatic heterocycles. The maximum atomic E-state index is 13.3. The van der Waals surface area contributed by atoms with Crippen molar-refractivity contribution >= 4 is 15.9 Å². The monoisotopic (exact) mass is 344 g/mol. The van der Waals surface area contributed by atoms with Crippen molar-refractivity contribution < 1.29 is 4.39 Å². The lowest BCUT2D eigenvalue weighted by Gasteiger charge is -2.36. The summed E-state index contributed by atoms with van der Waals surface area (Å²) < 4.78 is 14.1. The van der Waals surface area contributed by atoms with Gasteiger partial charge in [-0.15, -0.1) is 0 Å². The zero-order chi connectivity index (χ0) is 15.1. The largest absolute Gasteiger partial charge is 0.329 e. The van der Waals surface area contributed by atoms with Gasteiger partial charge in [0, 0.05) is 23.1 Å². The Morgan fingerprint density at radius 2 is 2.05 bits per heavy atom. The quantitative estimate of drug-likeness (QED) is 0.752. The molecule has 0 fully saturated rings. The molecule has 0 bridgehead atoms. The van der Waals surface area contributed by atoms with Crippen LogP contribution in [0.25, 0.3) is 0 Å². The minimum absolute atomic E-state index is 0.131. The van der Waals surface area contributed by atoms with Crippen LogP contribution in [0.2, 0.25) is 0 Å². The van der Waals surface area contributed by atoms with Crippen LogP contribution in [-0.4, -0.2) is 24.0 Å². The summed E-state index contributed by atoms with van der Waals surface area (Å²) in [6, 6.07) is 5.47. The molecule has 2 N–H and O–H groups in total. The first-order chi connectivity index (χ1) is 9.54. The van der Waals surface area contributed by atoms with Gasteiger partial charge in [0.1, 0.15) is 5.82 Å². The van der Waals surface area contributed by atoms with Crippen LogP contribution in [0.15, 0.2) is 22.7 Å². The molecule has 1 rings (SSSR count). The molecular formula is C16H26BrFN2. The van der Waals surface area contributed by atoms with Crippen molar-refractivity contribution in [2.24, 2.45) is 5.73 Å². The first-order valence-electron chi connectivity index (χ1n) is 7.45. The molecule has 0 saturated carbocycles. The number of nitrogens with two attached hydrogens (primary N) is 1. The first kappa shape index (κ1) is 17.6. The van der Waals surface area contributed by atoms with Crippen molar-refractivity contribution in [2.45, 2.75) is 52.1 Å². The summed E-state index contributed by atoms with van der Waals surface area (Å²) in [5.74, 6) is -0.222. The van der Waals surface area contributed by atoms with E-state index in [1.807, 2.05) is 6.07 Å². The fourth-order valence-corrected chi connectivity index (χ4v) is 3.09. The fourth-order valence-electron chi connectivity index (χ4n) is 2.47. The molecule has 4 heteroatoms. The summed E-state index contributed by atoms with van der Waals surface area (Å²) in [6.45, 7) is 8.18. The molecule has 0 heterocycles. The number of unbranched alkanes of at least 4 members (excludes halogenated alkanes) is 1. The van der Waals surface area contributed by atoms with Crippen molar-refractivity contribution in [3.05, 3.63) is 34.1 Å². The molecule has 2 nitrogen and oxygen atoms in total. The van der Waals surface area contributed by atoms with Gasteiger partial charge >= 0.3 is 0 Å². The fraction of sp³-hybridized carbons (Fsp3) is 0.625. The van der Waals surface area contributed by atoms with Gasteiger partial charge in [-0.1, -0.05) is 42.3 Å². The minimum Gasteiger partial charge on any atom is -0.329 e. The van der Waals surface area contributed by atoms with Gasteiger partial charge in [-0.3, -0.25) is 4.90 Å². The summed E-state index contributed by atoms with van der Waals surface area (Å²) in [6.07, 6.45) is 3.40. The van der Waals surface area contributed by atoms with Crippen LogP contribution in [-0.2, 0) is 0 Å². The zero-order valence-electron chi connectivity index (χ0n) is 12.7. The third-order valence-electron chi connectivity index (χ3n) is 3.87. The molecule has 0 amide bonds. The first-order valence-corrected chi connectivity index (χ1v) is 8.25. The Bertz CT molecular complexity index is 411. The molecule has 1 aromatic rings. The van der Waals surface area contributed by atoms with Crippen LogP contribution in [0, 0.1) is 5.82 Å². The maximum Gasteiger partial charge on any atom is 0.124 e. The smallest absolute Gasteiger partial charge is 0.124 e. The highest BCUT2D eigenvalue weighted by atomic mass is 79.9. The molecule has 0 aliphatic rings. The Hall–Kier alpha value is -0.450. The van der Waals surface area contributed by atoms with Crippen LogP contribution in [0.1, 0.15) is 51.6 Å². The Labute approximate surface area is 130 Å². The van der Waals surface area contributed by atoms with Gasteiger partial charge in [-0.2, -0.15) is 0 Å². The Balaban J connectivity index is 3.04. The highest BCUT2D eigenvalue weighted by molar-refractivity contribution is 9.10. The lowest BCUT2D eigenvalue weighted by Crippen LogP contribution is -2.40. The predicted octanol–water partition coefficient (Wildman–Crippen LogP) is 4.49. The maximum absolute atomic E-state index is 13.3. The highest BCUT2D eigenvalue weighted by Crippen LogP contribution is 2.30. The molecule has 0 radical (unpaired) electrons. The predicted molar refractivity (Wildman–Crippen MR) is 87.3 cm³/mol. The van der Waals surface area contributed by atoms with E-state index in [1.54, 1.807) is 0 Å². The summed E-state index contributed by atoms with van der Waals surface area (Å²) in [5, 5.41) is 0. The van der Waals surface area contributed by atoms with E-state index in [0.29, 0.717) is 12.6 Å². The van der Waals surface area contributed by atoms with E-state index in [4.69, 9.17) is 5.73 Å². The molecule has 1 aromatic carbocycles. The molecule has 2 unspecified atom stereocenters. The molecule has 0 spiro atoms. The van der Waals surface area contributed by atoms with Crippen LogP contribution in [0.4, 0.5) is 4.39 Å². The zero-order valence-corrected chi connectivity index (χ0v) is 14.3. The van der Waals surface area contributed by atoms with Gasteiger partial charge in [-0.25, -0.2) is 4.39 Å². The molecule has 0 aliphatic carbocycles. The molecule has 2 atom stereocenters. The van der Waals surface area contributed by atoms with Gasteiger partial charge in [0.15, 0.2) is 0 Å². The normalized spacial score (nSPS) is 14.6. The number of hydrogen-bond acceptors (Lipinski definition) is 2. The Kier molecular flexibility index (Phi) is 7.70. The van der Waals surface area contributed by atoms with Crippen molar-refractivity contribution in [3.63, 3.8) is 0 Å². The van der Waals surface area contributed by atoms with E-state index >= 15 is 0 Å².